The SMILES string of the molecule is CC(C)c1ccc2c(Nc3cc(C(=O)Nc4ccncc4)ccc3Oc3ccc(O)cc3)ncnc2n1. The van der Waals surface area contributed by atoms with Gasteiger partial charge >= 0.3 is 0 Å². The van der Waals surface area contributed by atoms with Crippen molar-refractivity contribution >= 4 is 34.1 Å². The molecule has 2 aromatic carbocycles. The Kier molecular flexibility index (Phi) is 6.58. The van der Waals surface area contributed by atoms with Gasteiger partial charge in [-0.15, -0.1) is 0 Å². The number of aromatic nitrogens is 4. The maximum Gasteiger partial charge on any atom is 0.255 e. The van der Waals surface area contributed by atoms with Gasteiger partial charge in [0, 0.05) is 29.3 Å². The Balaban J connectivity index is 1.52. The van der Waals surface area contributed by atoms with Gasteiger partial charge in [-0.3, -0.25) is 9.78 Å². The topological polar surface area (TPSA) is 122 Å². The maximum atomic E-state index is 13.0. The average molecular weight is 493 g/mol. The molecule has 9 heteroatoms. The fraction of sp³-hybridized carbons (Fsp3) is 0.107. The number of hydrogen-bond donors (Lipinski definition) is 3. The summed E-state index contributed by atoms with van der Waals surface area (Å²) in [5.74, 6) is 1.61. The van der Waals surface area contributed by atoms with Gasteiger partial charge in [0.05, 0.1) is 11.1 Å². The van der Waals surface area contributed by atoms with Crippen molar-refractivity contribution in [2.24, 2.45) is 0 Å². The Labute approximate surface area is 213 Å². The first-order valence-corrected chi connectivity index (χ1v) is 11.7. The van der Waals surface area contributed by atoms with E-state index in [4.69, 9.17) is 4.74 Å². The number of carbonyl (C=O) groups is 1. The molecule has 5 aromatic rings. The lowest BCUT2D eigenvalue weighted by atomic mass is 10.1. The Morgan fingerprint density at radius 2 is 1.73 bits per heavy atom. The first kappa shape index (κ1) is 23.7. The number of aromatic hydroxyl groups is 1. The van der Waals surface area contributed by atoms with Crippen LogP contribution in [0.3, 0.4) is 0 Å². The largest absolute Gasteiger partial charge is 0.508 e. The number of benzene rings is 2. The van der Waals surface area contributed by atoms with E-state index in [9.17, 15) is 9.90 Å². The minimum atomic E-state index is -0.291. The molecule has 0 aliphatic heterocycles. The molecule has 184 valence electrons. The molecule has 3 aromatic heterocycles. The molecular weight excluding hydrogens is 468 g/mol. The van der Waals surface area contributed by atoms with Gasteiger partial charge in [0.1, 0.15) is 23.6 Å². The van der Waals surface area contributed by atoms with Crippen molar-refractivity contribution in [1.82, 2.24) is 19.9 Å². The van der Waals surface area contributed by atoms with Crippen LogP contribution >= 0.6 is 0 Å². The van der Waals surface area contributed by atoms with Gasteiger partial charge in [-0.2, -0.15) is 0 Å². The third-order valence-electron chi connectivity index (χ3n) is 5.61. The monoisotopic (exact) mass is 492 g/mol. The van der Waals surface area contributed by atoms with E-state index in [1.54, 1.807) is 54.9 Å². The number of nitrogens with zero attached hydrogens (tertiary/aromatic N) is 4. The summed E-state index contributed by atoms with van der Waals surface area (Å²) in [4.78, 5) is 30.4. The zero-order valence-electron chi connectivity index (χ0n) is 20.2. The molecule has 0 fully saturated rings. The second kappa shape index (κ2) is 10.3. The molecule has 0 saturated heterocycles. The van der Waals surface area contributed by atoms with Crippen LogP contribution in [-0.4, -0.2) is 30.9 Å². The number of ether oxygens (including phenoxy) is 1. The Morgan fingerprint density at radius 3 is 2.49 bits per heavy atom. The highest BCUT2D eigenvalue weighted by Crippen LogP contribution is 2.34. The number of anilines is 3. The van der Waals surface area contributed by atoms with E-state index < -0.39 is 0 Å². The molecule has 9 nitrogen and oxygen atoms in total. The molecule has 0 unspecified atom stereocenters. The minimum absolute atomic E-state index is 0.134. The maximum absolute atomic E-state index is 13.0. The lowest BCUT2D eigenvalue weighted by molar-refractivity contribution is 0.102. The molecule has 3 N–H and O–H groups in total. The Morgan fingerprint density at radius 1 is 0.946 bits per heavy atom. The second-order valence-corrected chi connectivity index (χ2v) is 8.61. The highest BCUT2D eigenvalue weighted by atomic mass is 16.5. The lowest BCUT2D eigenvalue weighted by Gasteiger charge is -2.15. The zero-order chi connectivity index (χ0) is 25.8. The van der Waals surface area contributed by atoms with E-state index in [0.717, 1.165) is 11.1 Å². The number of carbonyl (C=O) groups excluding carboxylic acids is 1. The first-order chi connectivity index (χ1) is 18.0. The van der Waals surface area contributed by atoms with Crippen LogP contribution in [0.1, 0.15) is 35.8 Å². The molecule has 0 spiro atoms. The molecule has 5 rings (SSSR count). The summed E-state index contributed by atoms with van der Waals surface area (Å²) in [6.45, 7) is 4.15. The van der Waals surface area contributed by atoms with Crippen LogP contribution in [0.15, 0.2) is 85.5 Å². The molecule has 0 atom stereocenters. The Hall–Kier alpha value is -5.05. The highest BCUT2D eigenvalue weighted by molar-refractivity contribution is 6.05. The second-order valence-electron chi connectivity index (χ2n) is 8.61. The van der Waals surface area contributed by atoms with E-state index in [1.165, 1.54) is 18.5 Å². The third kappa shape index (κ3) is 5.46. The molecule has 0 aliphatic rings. The molecule has 1 amide bonds. The van der Waals surface area contributed by atoms with Gasteiger partial charge in [0.15, 0.2) is 11.4 Å². The van der Waals surface area contributed by atoms with Crippen LogP contribution in [0, 0.1) is 0 Å². The molecule has 0 saturated carbocycles. The molecule has 0 radical (unpaired) electrons. The summed E-state index contributed by atoms with van der Waals surface area (Å²) in [5.41, 5.74) is 3.06. The van der Waals surface area contributed by atoms with Crippen LogP contribution in [0.4, 0.5) is 17.2 Å². The van der Waals surface area contributed by atoms with Crippen LogP contribution in [-0.2, 0) is 0 Å². The normalized spacial score (nSPS) is 10.9. The average Bonchev–Trinajstić information content (AvgIpc) is 2.91. The summed E-state index contributed by atoms with van der Waals surface area (Å²) in [5, 5.41) is 16.5. The number of phenols is 1. The quantitative estimate of drug-likeness (QED) is 0.251. The van der Waals surface area contributed by atoms with Gasteiger partial charge in [-0.05, 0) is 72.6 Å². The number of fused-ring (bicyclic) bond motifs is 1. The van der Waals surface area contributed by atoms with Crippen LogP contribution in [0.25, 0.3) is 11.0 Å². The van der Waals surface area contributed by atoms with Gasteiger partial charge in [0.2, 0.25) is 0 Å². The summed E-state index contributed by atoms with van der Waals surface area (Å²) in [6.07, 6.45) is 4.66. The highest BCUT2D eigenvalue weighted by Gasteiger charge is 2.15. The number of rotatable bonds is 7. The third-order valence-corrected chi connectivity index (χ3v) is 5.61. The first-order valence-electron chi connectivity index (χ1n) is 11.7. The van der Waals surface area contributed by atoms with Gasteiger partial charge < -0.3 is 20.5 Å². The van der Waals surface area contributed by atoms with E-state index >= 15 is 0 Å². The smallest absolute Gasteiger partial charge is 0.255 e. The van der Waals surface area contributed by atoms with Crippen molar-refractivity contribution in [2.45, 2.75) is 19.8 Å². The van der Waals surface area contributed by atoms with Crippen LogP contribution < -0.4 is 15.4 Å². The fourth-order valence-corrected chi connectivity index (χ4v) is 3.64. The molecule has 3 heterocycles. The molecular formula is C28H24N6O3. The van der Waals surface area contributed by atoms with Gasteiger partial charge in [-0.1, -0.05) is 13.8 Å². The van der Waals surface area contributed by atoms with Crippen LogP contribution in [0.5, 0.6) is 17.2 Å². The van der Waals surface area contributed by atoms with Crippen LogP contribution in [0.2, 0.25) is 0 Å². The standard InChI is InChI=1S/C28H24N6O3/c1-17(2)23-9-8-22-26(33-23)30-16-31-27(22)34-24-15-18(28(36)32-19-11-13-29-14-12-19)3-10-25(24)37-21-6-4-20(35)5-7-21/h3-17,35H,1-2H3,(H,29,32,36)(H,30,31,33,34). The van der Waals surface area contributed by atoms with Gasteiger partial charge in [0.25, 0.3) is 5.91 Å². The number of hydrogen-bond acceptors (Lipinski definition) is 8. The van der Waals surface area contributed by atoms with Crippen molar-refractivity contribution in [2.75, 3.05) is 10.6 Å². The van der Waals surface area contributed by atoms with Crippen molar-refractivity contribution in [3.63, 3.8) is 0 Å². The fourth-order valence-electron chi connectivity index (χ4n) is 3.64. The number of nitrogens with one attached hydrogen (secondary N) is 2. The summed E-state index contributed by atoms with van der Waals surface area (Å²) >= 11 is 0. The van der Waals surface area contributed by atoms with Crippen molar-refractivity contribution in [3.8, 4) is 17.2 Å². The van der Waals surface area contributed by atoms with Gasteiger partial charge in [-0.25, -0.2) is 15.0 Å². The summed E-state index contributed by atoms with van der Waals surface area (Å²) in [7, 11) is 0. The Bertz CT molecular complexity index is 1560. The molecule has 0 aliphatic carbocycles. The van der Waals surface area contributed by atoms with E-state index in [2.05, 4.69) is 44.4 Å². The predicted octanol–water partition coefficient (Wildman–Crippen LogP) is 6.04. The van der Waals surface area contributed by atoms with Crippen molar-refractivity contribution < 1.29 is 14.6 Å². The zero-order valence-corrected chi connectivity index (χ0v) is 20.2. The minimum Gasteiger partial charge on any atom is -0.508 e. The molecule has 0 bridgehead atoms. The van der Waals surface area contributed by atoms with E-state index in [-0.39, 0.29) is 17.6 Å². The number of amides is 1. The lowest BCUT2D eigenvalue weighted by Crippen LogP contribution is -2.12. The summed E-state index contributed by atoms with van der Waals surface area (Å²) in [6, 6.07) is 18.8. The molecule has 37 heavy (non-hydrogen) atoms. The van der Waals surface area contributed by atoms with Crippen molar-refractivity contribution in [1.29, 1.82) is 0 Å². The summed E-state index contributed by atoms with van der Waals surface area (Å²) < 4.78 is 6.08. The van der Waals surface area contributed by atoms with E-state index in [0.29, 0.717) is 39.9 Å². The number of pyridine rings is 2. The van der Waals surface area contributed by atoms with Crippen molar-refractivity contribution in [3.05, 3.63) is 96.7 Å². The predicted molar refractivity (Wildman–Crippen MR) is 142 cm³/mol. The van der Waals surface area contributed by atoms with E-state index in [1.807, 2.05) is 12.1 Å². The number of phenolic OH excluding ortho intramolecular Hbond substituents is 1.